The summed E-state index contributed by atoms with van der Waals surface area (Å²) in [6, 6.07) is 10.6. The van der Waals surface area contributed by atoms with Crippen LogP contribution in [0.25, 0.3) is 22.2 Å². The number of likely N-dealkylation sites (N-methyl/N-ethyl adjacent to an activating group) is 2. The molecule has 0 aliphatic carbocycles. The number of aromatic nitrogens is 3. The monoisotopic (exact) mass is 549 g/mol. The van der Waals surface area contributed by atoms with Crippen molar-refractivity contribution in [3.05, 3.63) is 64.5 Å². The first-order valence-electron chi connectivity index (χ1n) is 12.3. The molecule has 0 atom stereocenters. The van der Waals surface area contributed by atoms with Crippen LogP contribution in [-0.2, 0) is 16.7 Å². The van der Waals surface area contributed by atoms with Gasteiger partial charge in [-0.3, -0.25) is 10.1 Å². The van der Waals surface area contributed by atoms with Crippen LogP contribution in [0.1, 0.15) is 10.4 Å². The van der Waals surface area contributed by atoms with E-state index in [0.29, 0.717) is 30.0 Å². The van der Waals surface area contributed by atoms with E-state index in [-0.39, 0.29) is 28.6 Å². The molecular weight excluding hydrogens is 518 g/mol. The van der Waals surface area contributed by atoms with Gasteiger partial charge in [0.05, 0.1) is 30.5 Å². The molecule has 2 aromatic carbocycles. The van der Waals surface area contributed by atoms with Crippen molar-refractivity contribution in [2.75, 3.05) is 58.7 Å². The molecular formula is C27H31N7O6. The van der Waals surface area contributed by atoms with Crippen LogP contribution in [0.4, 0.5) is 23.0 Å². The van der Waals surface area contributed by atoms with Gasteiger partial charge < -0.3 is 29.3 Å². The van der Waals surface area contributed by atoms with Gasteiger partial charge in [0, 0.05) is 68.2 Å². The molecule has 4 rings (SSSR count). The van der Waals surface area contributed by atoms with Crippen molar-refractivity contribution in [1.82, 2.24) is 19.4 Å². The predicted octanol–water partition coefficient (Wildman–Crippen LogP) is 4.01. The number of ether oxygens (including phenoxy) is 1. The lowest BCUT2D eigenvalue weighted by molar-refractivity contribution is -0.384. The summed E-state index contributed by atoms with van der Waals surface area (Å²) in [4.78, 5) is 47.1. The first-order chi connectivity index (χ1) is 19.1. The van der Waals surface area contributed by atoms with E-state index in [1.165, 1.54) is 32.5 Å². The molecule has 0 fully saturated rings. The number of fused-ring (bicyclic) bond motifs is 1. The lowest BCUT2D eigenvalue weighted by Gasteiger charge is -2.22. The number of methoxy groups -OCH3 is 1. The number of nitrogens with one attached hydrogen (secondary N) is 1. The van der Waals surface area contributed by atoms with Crippen molar-refractivity contribution < 1.29 is 24.2 Å². The fraction of sp³-hybridized carbons (Fsp3) is 0.296. The normalized spacial score (nSPS) is 11.1. The van der Waals surface area contributed by atoms with Crippen LogP contribution in [0.15, 0.2) is 48.8 Å². The molecule has 0 spiro atoms. The van der Waals surface area contributed by atoms with Gasteiger partial charge in [0.2, 0.25) is 5.95 Å². The SMILES string of the molecule is COOc1cc(N(C)CCN(C)C)c([N+](=O)[O-])cc1Nc1ncc(C(=O)OC)c(-c2cn(C)c3ccccc23)n1. The minimum atomic E-state index is -0.598. The molecule has 0 radical (unpaired) electrons. The largest absolute Gasteiger partial charge is 0.465 e. The van der Waals surface area contributed by atoms with Gasteiger partial charge in [-0.15, -0.1) is 0 Å². The number of esters is 1. The van der Waals surface area contributed by atoms with E-state index >= 15 is 0 Å². The second-order valence-corrected chi connectivity index (χ2v) is 9.31. The summed E-state index contributed by atoms with van der Waals surface area (Å²) in [5.41, 5.74) is 2.55. The van der Waals surface area contributed by atoms with Crippen LogP contribution in [-0.4, -0.2) is 78.8 Å². The molecule has 2 aromatic heterocycles. The maximum atomic E-state index is 12.6. The molecule has 2 heterocycles. The summed E-state index contributed by atoms with van der Waals surface area (Å²) in [7, 11) is 10.1. The number of para-hydroxylation sites is 1. The molecule has 0 aliphatic heterocycles. The number of hydrogen-bond acceptors (Lipinski definition) is 11. The highest BCUT2D eigenvalue weighted by molar-refractivity contribution is 6.02. The van der Waals surface area contributed by atoms with Gasteiger partial charge in [0.15, 0.2) is 5.75 Å². The van der Waals surface area contributed by atoms with Gasteiger partial charge >= 0.3 is 5.97 Å². The van der Waals surface area contributed by atoms with E-state index in [9.17, 15) is 14.9 Å². The van der Waals surface area contributed by atoms with Gasteiger partial charge in [-0.2, -0.15) is 4.89 Å². The molecule has 0 bridgehead atoms. The number of aryl methyl sites for hydroxylation is 1. The Hall–Kier alpha value is -4.75. The molecule has 13 nitrogen and oxygen atoms in total. The van der Waals surface area contributed by atoms with Crippen LogP contribution >= 0.6 is 0 Å². The van der Waals surface area contributed by atoms with Crippen molar-refractivity contribution in [1.29, 1.82) is 0 Å². The number of nitrogens with zero attached hydrogens (tertiary/aromatic N) is 6. The number of anilines is 3. The smallest absolute Gasteiger partial charge is 0.341 e. The van der Waals surface area contributed by atoms with E-state index in [0.717, 1.165) is 10.9 Å². The van der Waals surface area contributed by atoms with E-state index < -0.39 is 10.9 Å². The minimum Gasteiger partial charge on any atom is -0.465 e. The Labute approximate surface area is 231 Å². The third-order valence-corrected chi connectivity index (χ3v) is 6.33. The van der Waals surface area contributed by atoms with Crippen LogP contribution in [0.3, 0.4) is 0 Å². The fourth-order valence-electron chi connectivity index (χ4n) is 4.29. The highest BCUT2D eigenvalue weighted by Gasteiger charge is 2.25. The van der Waals surface area contributed by atoms with Crippen molar-refractivity contribution in [2.45, 2.75) is 0 Å². The molecule has 1 N–H and O–H groups in total. The number of carbonyl (C=O) groups excluding carboxylic acids is 1. The lowest BCUT2D eigenvalue weighted by atomic mass is 10.1. The third kappa shape index (κ3) is 5.80. The number of carbonyl (C=O) groups is 1. The molecule has 0 unspecified atom stereocenters. The fourth-order valence-corrected chi connectivity index (χ4v) is 4.29. The Morgan fingerprint density at radius 3 is 2.58 bits per heavy atom. The van der Waals surface area contributed by atoms with Gasteiger partial charge in [-0.05, 0) is 20.2 Å². The summed E-state index contributed by atoms with van der Waals surface area (Å²) < 4.78 is 6.90. The van der Waals surface area contributed by atoms with Crippen molar-refractivity contribution in [2.24, 2.45) is 7.05 Å². The summed E-state index contributed by atoms with van der Waals surface area (Å²) in [6.07, 6.45) is 3.22. The zero-order chi connectivity index (χ0) is 29.0. The molecule has 40 heavy (non-hydrogen) atoms. The molecule has 4 aromatic rings. The Balaban J connectivity index is 1.81. The van der Waals surface area contributed by atoms with Crippen LogP contribution in [0.5, 0.6) is 5.75 Å². The van der Waals surface area contributed by atoms with Gasteiger partial charge in [0.25, 0.3) is 5.69 Å². The van der Waals surface area contributed by atoms with Crippen LogP contribution in [0, 0.1) is 10.1 Å². The second kappa shape index (κ2) is 12.0. The number of benzene rings is 2. The first-order valence-corrected chi connectivity index (χ1v) is 12.3. The van der Waals surface area contributed by atoms with E-state index in [1.807, 2.05) is 61.1 Å². The zero-order valence-corrected chi connectivity index (χ0v) is 23.2. The quantitative estimate of drug-likeness (QED) is 0.126. The second-order valence-electron chi connectivity index (χ2n) is 9.31. The standard InChI is InChI=1S/C27H31N7O6/c1-31(2)11-12-32(3)22-14-24(40-39-6)20(13-23(22)34(36)37)29-27-28-15-18(26(35)38-5)25(30-27)19-16-33(4)21-10-8-7-9-17(19)21/h7-10,13-16H,11-12H2,1-6H3,(H,28,29,30). The maximum Gasteiger partial charge on any atom is 0.341 e. The molecule has 0 aliphatic rings. The number of hydrogen-bond donors (Lipinski definition) is 1. The van der Waals surface area contributed by atoms with Crippen LogP contribution in [0.2, 0.25) is 0 Å². The number of nitro groups is 1. The Bertz CT molecular complexity index is 1550. The Morgan fingerprint density at radius 2 is 1.90 bits per heavy atom. The molecule has 0 saturated heterocycles. The summed E-state index contributed by atoms with van der Waals surface area (Å²) in [5.74, 6) is -0.328. The highest BCUT2D eigenvalue weighted by atomic mass is 17.2. The average Bonchev–Trinajstić information content (AvgIpc) is 3.28. The third-order valence-electron chi connectivity index (χ3n) is 6.33. The Kier molecular flexibility index (Phi) is 8.46. The average molecular weight is 550 g/mol. The zero-order valence-electron chi connectivity index (χ0n) is 23.2. The van der Waals surface area contributed by atoms with Crippen LogP contribution < -0.4 is 15.1 Å². The van der Waals surface area contributed by atoms with E-state index in [1.54, 1.807) is 11.9 Å². The van der Waals surface area contributed by atoms with E-state index in [2.05, 4.69) is 15.3 Å². The number of nitro benzene ring substituents is 1. The van der Waals surface area contributed by atoms with Gasteiger partial charge in [-0.1, -0.05) is 18.2 Å². The lowest BCUT2D eigenvalue weighted by Crippen LogP contribution is -2.29. The molecule has 0 saturated carbocycles. The van der Waals surface area contributed by atoms with Gasteiger partial charge in [-0.25, -0.2) is 14.8 Å². The van der Waals surface area contributed by atoms with Crippen molar-refractivity contribution >= 4 is 39.9 Å². The minimum absolute atomic E-state index is 0.0829. The van der Waals surface area contributed by atoms with E-state index in [4.69, 9.17) is 14.5 Å². The summed E-state index contributed by atoms with van der Waals surface area (Å²) >= 11 is 0. The molecule has 0 amide bonds. The summed E-state index contributed by atoms with van der Waals surface area (Å²) in [5, 5.41) is 15.9. The molecule has 13 heteroatoms. The van der Waals surface area contributed by atoms with Crippen molar-refractivity contribution in [3.8, 4) is 17.0 Å². The highest BCUT2D eigenvalue weighted by Crippen LogP contribution is 2.39. The topological polar surface area (TPSA) is 137 Å². The maximum absolute atomic E-state index is 12.6. The molecule has 210 valence electrons. The van der Waals surface area contributed by atoms with Gasteiger partial charge in [0.1, 0.15) is 11.3 Å². The number of rotatable bonds is 11. The summed E-state index contributed by atoms with van der Waals surface area (Å²) in [6.45, 7) is 1.23. The first kappa shape index (κ1) is 28.3. The van der Waals surface area contributed by atoms with Crippen molar-refractivity contribution in [3.63, 3.8) is 0 Å². The predicted molar refractivity (Wildman–Crippen MR) is 151 cm³/mol. The Morgan fingerprint density at radius 1 is 1.15 bits per heavy atom.